The zero-order valence-electron chi connectivity index (χ0n) is 14.0. The summed E-state index contributed by atoms with van der Waals surface area (Å²) in [5.41, 5.74) is 1.85. The number of benzene rings is 1. The van der Waals surface area contributed by atoms with Crippen LogP contribution in [0, 0.1) is 0 Å². The highest BCUT2D eigenvalue weighted by atomic mass is 32.2. The van der Waals surface area contributed by atoms with Crippen LogP contribution in [0.15, 0.2) is 33.2 Å². The van der Waals surface area contributed by atoms with E-state index in [0.717, 1.165) is 22.9 Å². The summed E-state index contributed by atoms with van der Waals surface area (Å²) in [6, 6.07) is 5.16. The van der Waals surface area contributed by atoms with Crippen molar-refractivity contribution in [3.8, 4) is 0 Å². The molecule has 27 heavy (non-hydrogen) atoms. The fourth-order valence-corrected chi connectivity index (χ4v) is 4.84. The first kappa shape index (κ1) is 18.1. The van der Waals surface area contributed by atoms with Gasteiger partial charge in [-0.3, -0.25) is 9.59 Å². The van der Waals surface area contributed by atoms with Crippen LogP contribution in [-0.2, 0) is 6.42 Å². The number of nitrogens with one attached hydrogen (secondary N) is 1. The number of alkyl halides is 2. The van der Waals surface area contributed by atoms with Crippen LogP contribution in [0.2, 0.25) is 0 Å². The molecule has 9 heteroatoms. The van der Waals surface area contributed by atoms with Gasteiger partial charge in [0.25, 0.3) is 5.91 Å². The summed E-state index contributed by atoms with van der Waals surface area (Å²) in [5, 5.41) is 2.77. The lowest BCUT2D eigenvalue weighted by Gasteiger charge is -2.10. The molecule has 0 spiro atoms. The minimum Gasteiger partial charge on any atom is -0.468 e. The standard InChI is InChI=1S/C18H14F2N2O3S2/c19-15(20)8-26-18-22-11-5-4-9(6-14(11)27-18)21-17(24)10-7-25-13-3-1-2-12(23)16(10)13/h4-7,15H,1-3,8H2,(H,21,24). The Morgan fingerprint density at radius 1 is 1.37 bits per heavy atom. The van der Waals surface area contributed by atoms with Gasteiger partial charge in [0.05, 0.1) is 27.1 Å². The Balaban J connectivity index is 1.54. The van der Waals surface area contributed by atoms with Crippen LogP contribution >= 0.6 is 23.1 Å². The number of nitrogens with zero attached hydrogens (tertiary/aromatic N) is 1. The van der Waals surface area contributed by atoms with Gasteiger partial charge in [-0.15, -0.1) is 11.3 Å². The molecule has 1 N–H and O–H groups in total. The molecule has 0 aliphatic heterocycles. The van der Waals surface area contributed by atoms with Gasteiger partial charge in [0.15, 0.2) is 10.1 Å². The summed E-state index contributed by atoms with van der Waals surface area (Å²) in [5.74, 6) is -0.224. The second kappa shape index (κ2) is 7.40. The third-order valence-electron chi connectivity index (χ3n) is 4.16. The van der Waals surface area contributed by atoms with Crippen molar-refractivity contribution >= 4 is 50.7 Å². The Hall–Kier alpha value is -2.26. The highest BCUT2D eigenvalue weighted by molar-refractivity contribution is 8.01. The largest absolute Gasteiger partial charge is 0.468 e. The molecule has 4 rings (SSSR count). The molecule has 1 amide bonds. The Morgan fingerprint density at radius 3 is 3.04 bits per heavy atom. The first-order valence-electron chi connectivity index (χ1n) is 8.27. The van der Waals surface area contributed by atoms with Crippen LogP contribution in [0.5, 0.6) is 0 Å². The molecule has 0 radical (unpaired) electrons. The molecule has 1 aliphatic rings. The number of amides is 1. The van der Waals surface area contributed by atoms with Crippen molar-refractivity contribution < 1.29 is 22.8 Å². The van der Waals surface area contributed by atoms with E-state index in [4.69, 9.17) is 4.42 Å². The number of thioether (sulfide) groups is 1. The van der Waals surface area contributed by atoms with E-state index < -0.39 is 12.3 Å². The summed E-state index contributed by atoms with van der Waals surface area (Å²) in [7, 11) is 0. The first-order valence-corrected chi connectivity index (χ1v) is 10.1. The number of hydrogen-bond donors (Lipinski definition) is 1. The highest BCUT2D eigenvalue weighted by Gasteiger charge is 2.27. The molecule has 0 saturated carbocycles. The minimum atomic E-state index is -2.39. The Labute approximate surface area is 161 Å². The zero-order valence-corrected chi connectivity index (χ0v) is 15.6. The SMILES string of the molecule is O=C(Nc1ccc2nc(SCC(F)F)sc2c1)c1coc2c1C(=O)CCC2. The molecule has 0 atom stereocenters. The molecule has 1 aromatic carbocycles. The molecule has 2 aromatic heterocycles. The van der Waals surface area contributed by atoms with Crippen molar-refractivity contribution in [3.05, 3.63) is 41.3 Å². The summed E-state index contributed by atoms with van der Waals surface area (Å²) < 4.78 is 31.4. The van der Waals surface area contributed by atoms with E-state index in [1.54, 1.807) is 18.2 Å². The van der Waals surface area contributed by atoms with Crippen LogP contribution < -0.4 is 5.32 Å². The van der Waals surface area contributed by atoms with Crippen molar-refractivity contribution in [1.82, 2.24) is 4.98 Å². The van der Waals surface area contributed by atoms with Crippen LogP contribution in [0.4, 0.5) is 14.5 Å². The quantitative estimate of drug-likeness (QED) is 0.601. The number of furan rings is 1. The average molecular weight is 408 g/mol. The number of fused-ring (bicyclic) bond motifs is 2. The second-order valence-electron chi connectivity index (χ2n) is 6.04. The lowest BCUT2D eigenvalue weighted by Crippen LogP contribution is -2.17. The highest BCUT2D eigenvalue weighted by Crippen LogP contribution is 2.32. The van der Waals surface area contributed by atoms with Crippen molar-refractivity contribution in [2.75, 3.05) is 11.1 Å². The zero-order chi connectivity index (χ0) is 19.0. The van der Waals surface area contributed by atoms with Gasteiger partial charge in [-0.2, -0.15) is 0 Å². The third-order valence-corrected chi connectivity index (χ3v) is 6.33. The van der Waals surface area contributed by atoms with Gasteiger partial charge in [0.1, 0.15) is 12.0 Å². The predicted molar refractivity (Wildman–Crippen MR) is 100 cm³/mol. The van der Waals surface area contributed by atoms with E-state index in [1.165, 1.54) is 17.6 Å². The molecular formula is C18H14F2N2O3S2. The van der Waals surface area contributed by atoms with Gasteiger partial charge in [0, 0.05) is 18.5 Å². The summed E-state index contributed by atoms with van der Waals surface area (Å²) in [6.45, 7) is 0. The molecule has 2 heterocycles. The fourth-order valence-electron chi connectivity index (χ4n) is 2.96. The van der Waals surface area contributed by atoms with Crippen LogP contribution in [0.25, 0.3) is 10.2 Å². The lowest BCUT2D eigenvalue weighted by molar-refractivity contribution is 0.0955. The predicted octanol–water partition coefficient (Wildman–Crippen LogP) is 5.02. The topological polar surface area (TPSA) is 72.2 Å². The average Bonchev–Trinajstić information content (AvgIpc) is 3.24. The number of rotatable bonds is 5. The summed E-state index contributed by atoms with van der Waals surface area (Å²) >= 11 is 2.30. The van der Waals surface area contributed by atoms with E-state index in [-0.39, 0.29) is 17.1 Å². The molecule has 0 unspecified atom stereocenters. The Bertz CT molecular complexity index is 1030. The van der Waals surface area contributed by atoms with E-state index in [2.05, 4.69) is 10.3 Å². The number of thiazole rings is 1. The molecule has 0 bridgehead atoms. The number of carbonyl (C=O) groups is 2. The number of halogens is 2. The van der Waals surface area contributed by atoms with Crippen molar-refractivity contribution in [3.63, 3.8) is 0 Å². The van der Waals surface area contributed by atoms with Crippen molar-refractivity contribution in [1.29, 1.82) is 0 Å². The van der Waals surface area contributed by atoms with Gasteiger partial charge >= 0.3 is 0 Å². The second-order valence-corrected chi connectivity index (χ2v) is 8.34. The minimum absolute atomic E-state index is 0.0752. The van der Waals surface area contributed by atoms with Crippen molar-refractivity contribution in [2.45, 2.75) is 30.0 Å². The maximum atomic E-state index is 12.6. The van der Waals surface area contributed by atoms with Gasteiger partial charge in [0.2, 0.25) is 6.43 Å². The smallest absolute Gasteiger partial charge is 0.259 e. The number of ketones is 1. The summed E-state index contributed by atoms with van der Waals surface area (Å²) in [6.07, 6.45) is 0.737. The molecule has 1 aliphatic carbocycles. The van der Waals surface area contributed by atoms with Crippen LogP contribution in [-0.4, -0.2) is 28.9 Å². The molecule has 140 valence electrons. The van der Waals surface area contributed by atoms with E-state index in [1.807, 2.05) is 0 Å². The molecule has 3 aromatic rings. The molecule has 5 nitrogen and oxygen atoms in total. The van der Waals surface area contributed by atoms with E-state index >= 15 is 0 Å². The number of aryl methyl sites for hydroxylation is 1. The lowest BCUT2D eigenvalue weighted by atomic mass is 9.94. The number of hydrogen-bond acceptors (Lipinski definition) is 6. The molecule has 0 saturated heterocycles. The first-order chi connectivity index (χ1) is 13.0. The monoisotopic (exact) mass is 408 g/mol. The fraction of sp³-hybridized carbons (Fsp3) is 0.278. The van der Waals surface area contributed by atoms with Crippen LogP contribution in [0.1, 0.15) is 39.3 Å². The maximum Gasteiger partial charge on any atom is 0.259 e. The Morgan fingerprint density at radius 2 is 2.22 bits per heavy atom. The van der Waals surface area contributed by atoms with Crippen molar-refractivity contribution in [2.24, 2.45) is 0 Å². The number of Topliss-reactive ketones (excluding diaryl/α,β-unsaturated/α-hetero) is 1. The normalized spacial score (nSPS) is 14.0. The van der Waals surface area contributed by atoms with E-state index in [9.17, 15) is 18.4 Å². The number of anilines is 1. The van der Waals surface area contributed by atoms with E-state index in [0.29, 0.717) is 39.7 Å². The summed E-state index contributed by atoms with van der Waals surface area (Å²) in [4.78, 5) is 29.0. The third kappa shape index (κ3) is 3.74. The van der Waals surface area contributed by atoms with Gasteiger partial charge in [-0.1, -0.05) is 11.8 Å². The van der Waals surface area contributed by atoms with Crippen LogP contribution in [0.3, 0.4) is 0 Å². The van der Waals surface area contributed by atoms with Gasteiger partial charge in [-0.25, -0.2) is 13.8 Å². The van der Waals surface area contributed by atoms with Gasteiger partial charge < -0.3 is 9.73 Å². The number of aromatic nitrogens is 1. The maximum absolute atomic E-state index is 12.6. The van der Waals surface area contributed by atoms with Gasteiger partial charge in [-0.05, 0) is 24.6 Å². The molecule has 0 fully saturated rings. The molecular weight excluding hydrogens is 394 g/mol. The number of carbonyl (C=O) groups excluding carboxylic acids is 2. The Kier molecular flexibility index (Phi) is 4.96.